The average molecular weight is 357 g/mol. The van der Waals surface area contributed by atoms with Gasteiger partial charge in [0.05, 0.1) is 24.8 Å². The maximum atomic E-state index is 13.4. The third-order valence-electron chi connectivity index (χ3n) is 4.17. The van der Waals surface area contributed by atoms with Gasteiger partial charge in [-0.1, -0.05) is 18.2 Å². The molecule has 1 fully saturated rings. The summed E-state index contributed by atoms with van der Waals surface area (Å²) in [6, 6.07) is 12.4. The number of hydrogen-bond acceptors (Lipinski definition) is 3. The molecule has 5 nitrogen and oxygen atoms in total. The minimum absolute atomic E-state index is 0.245. The van der Waals surface area contributed by atoms with Gasteiger partial charge in [0.2, 0.25) is 0 Å². The number of carbonyl (C=O) groups excluding carboxylic acids is 1. The van der Waals surface area contributed by atoms with Crippen LogP contribution in [0, 0.1) is 23.0 Å². The number of urea groups is 1. The summed E-state index contributed by atoms with van der Waals surface area (Å²) >= 11 is 0. The van der Waals surface area contributed by atoms with Gasteiger partial charge in [0.25, 0.3) is 0 Å². The Morgan fingerprint density at radius 3 is 2.88 bits per heavy atom. The molecule has 0 unspecified atom stereocenters. The molecule has 1 saturated heterocycles. The van der Waals surface area contributed by atoms with E-state index >= 15 is 0 Å². The van der Waals surface area contributed by atoms with Crippen molar-refractivity contribution in [1.82, 2.24) is 10.2 Å². The van der Waals surface area contributed by atoms with Crippen molar-refractivity contribution < 1.29 is 18.3 Å². The molecule has 0 radical (unpaired) electrons. The Bertz CT molecular complexity index is 851. The van der Waals surface area contributed by atoms with Gasteiger partial charge in [0.15, 0.2) is 11.6 Å². The average Bonchev–Trinajstić information content (AvgIpc) is 2.68. The van der Waals surface area contributed by atoms with Gasteiger partial charge < -0.3 is 15.0 Å². The number of carbonyl (C=O) groups is 1. The zero-order chi connectivity index (χ0) is 18.5. The first-order valence-corrected chi connectivity index (χ1v) is 8.15. The molecular formula is C19H17F2N3O2. The van der Waals surface area contributed by atoms with Crippen LogP contribution in [0.4, 0.5) is 13.6 Å². The largest absolute Gasteiger partial charge is 0.370 e. The van der Waals surface area contributed by atoms with Crippen LogP contribution in [0.5, 0.6) is 0 Å². The smallest absolute Gasteiger partial charge is 0.317 e. The van der Waals surface area contributed by atoms with Gasteiger partial charge >= 0.3 is 6.03 Å². The minimum atomic E-state index is -0.940. The molecule has 1 aliphatic rings. The molecule has 2 aromatic carbocycles. The van der Waals surface area contributed by atoms with Gasteiger partial charge in [-0.15, -0.1) is 0 Å². The van der Waals surface area contributed by atoms with Crippen LogP contribution in [0.15, 0.2) is 42.5 Å². The van der Waals surface area contributed by atoms with E-state index in [-0.39, 0.29) is 12.6 Å². The molecule has 3 rings (SSSR count). The van der Waals surface area contributed by atoms with Gasteiger partial charge in [-0.3, -0.25) is 0 Å². The predicted molar refractivity (Wildman–Crippen MR) is 90.0 cm³/mol. The number of benzene rings is 2. The zero-order valence-electron chi connectivity index (χ0n) is 13.9. The number of nitrogens with zero attached hydrogens (tertiary/aromatic N) is 2. The maximum absolute atomic E-state index is 13.4. The van der Waals surface area contributed by atoms with E-state index in [9.17, 15) is 13.6 Å². The minimum Gasteiger partial charge on any atom is -0.370 e. The fourth-order valence-corrected chi connectivity index (χ4v) is 2.79. The number of rotatable bonds is 3. The molecule has 0 aromatic heterocycles. The van der Waals surface area contributed by atoms with E-state index in [1.807, 2.05) is 6.07 Å². The summed E-state index contributed by atoms with van der Waals surface area (Å²) in [5, 5.41) is 11.7. The van der Waals surface area contributed by atoms with Crippen molar-refractivity contribution in [3.8, 4) is 6.07 Å². The molecule has 0 saturated carbocycles. The highest BCUT2D eigenvalue weighted by atomic mass is 19.2. The first-order valence-electron chi connectivity index (χ1n) is 8.15. The van der Waals surface area contributed by atoms with E-state index in [0.29, 0.717) is 30.8 Å². The molecular weight excluding hydrogens is 340 g/mol. The van der Waals surface area contributed by atoms with Gasteiger partial charge in [-0.25, -0.2) is 13.6 Å². The highest BCUT2D eigenvalue weighted by Crippen LogP contribution is 2.23. The Kier molecular flexibility index (Phi) is 5.44. The molecule has 0 aliphatic carbocycles. The molecule has 0 bridgehead atoms. The van der Waals surface area contributed by atoms with Crippen LogP contribution in [-0.4, -0.2) is 30.6 Å². The van der Waals surface area contributed by atoms with Crippen molar-refractivity contribution in [3.05, 3.63) is 70.8 Å². The summed E-state index contributed by atoms with van der Waals surface area (Å²) in [6.07, 6.45) is -0.508. The number of nitrogens with one attached hydrogen (secondary N) is 1. The van der Waals surface area contributed by atoms with Gasteiger partial charge in [0, 0.05) is 13.1 Å². The molecule has 1 N–H and O–H groups in total. The van der Waals surface area contributed by atoms with Crippen molar-refractivity contribution in [3.63, 3.8) is 0 Å². The molecule has 1 aliphatic heterocycles. The molecule has 2 aromatic rings. The van der Waals surface area contributed by atoms with Crippen LogP contribution in [0.25, 0.3) is 0 Å². The molecule has 26 heavy (non-hydrogen) atoms. The van der Waals surface area contributed by atoms with Crippen molar-refractivity contribution in [2.24, 2.45) is 0 Å². The van der Waals surface area contributed by atoms with E-state index in [1.54, 1.807) is 23.1 Å². The van der Waals surface area contributed by atoms with E-state index < -0.39 is 17.7 Å². The summed E-state index contributed by atoms with van der Waals surface area (Å²) in [4.78, 5) is 14.0. The first-order chi connectivity index (χ1) is 12.6. The molecule has 134 valence electrons. The maximum Gasteiger partial charge on any atom is 0.317 e. The standard InChI is InChI=1S/C19H17F2N3O2/c20-16-5-4-15(9-17(16)21)18-12-24(6-7-26-18)19(25)23-11-14-3-1-2-13(8-14)10-22/h1-5,8-9,18H,6-7,11-12H2,(H,23,25)/t18-/m0/s1. The van der Waals surface area contributed by atoms with Crippen LogP contribution >= 0.6 is 0 Å². The Labute approximate surface area is 149 Å². The monoisotopic (exact) mass is 357 g/mol. The third-order valence-corrected chi connectivity index (χ3v) is 4.17. The lowest BCUT2D eigenvalue weighted by Gasteiger charge is -2.33. The second-order valence-corrected chi connectivity index (χ2v) is 5.95. The van der Waals surface area contributed by atoms with Crippen molar-refractivity contribution >= 4 is 6.03 Å². The third kappa shape index (κ3) is 4.16. The fraction of sp³-hybridized carbons (Fsp3) is 0.263. The number of morpholine rings is 1. The highest BCUT2D eigenvalue weighted by molar-refractivity contribution is 5.74. The number of amides is 2. The number of hydrogen-bond donors (Lipinski definition) is 1. The molecule has 7 heteroatoms. The Hall–Kier alpha value is -2.98. The Balaban J connectivity index is 1.60. The SMILES string of the molecule is N#Cc1cccc(CNC(=O)N2CCO[C@H](c3ccc(F)c(F)c3)C2)c1. The lowest BCUT2D eigenvalue weighted by molar-refractivity contribution is -0.0156. The van der Waals surface area contributed by atoms with E-state index in [0.717, 1.165) is 17.7 Å². The quantitative estimate of drug-likeness (QED) is 0.918. The lowest BCUT2D eigenvalue weighted by Crippen LogP contribution is -2.47. The van der Waals surface area contributed by atoms with E-state index in [4.69, 9.17) is 10.00 Å². The van der Waals surface area contributed by atoms with Crippen molar-refractivity contribution in [2.45, 2.75) is 12.6 Å². The van der Waals surface area contributed by atoms with E-state index in [2.05, 4.69) is 11.4 Å². The van der Waals surface area contributed by atoms with Crippen LogP contribution in [0.1, 0.15) is 22.8 Å². The second kappa shape index (κ2) is 7.93. The van der Waals surface area contributed by atoms with E-state index in [1.165, 1.54) is 6.07 Å². The molecule has 1 heterocycles. The summed E-state index contributed by atoms with van der Waals surface area (Å²) in [5.41, 5.74) is 1.84. The number of nitriles is 1. The predicted octanol–water partition coefficient (Wildman–Crippen LogP) is 3.12. The van der Waals surface area contributed by atoms with Gasteiger partial charge in [0.1, 0.15) is 6.10 Å². The first kappa shape index (κ1) is 17.8. The van der Waals surface area contributed by atoms with Crippen molar-refractivity contribution in [2.75, 3.05) is 19.7 Å². The van der Waals surface area contributed by atoms with Crippen LogP contribution in [0.2, 0.25) is 0 Å². The zero-order valence-corrected chi connectivity index (χ0v) is 13.9. The highest BCUT2D eigenvalue weighted by Gasteiger charge is 2.26. The fourth-order valence-electron chi connectivity index (χ4n) is 2.79. The second-order valence-electron chi connectivity index (χ2n) is 5.95. The number of halogens is 2. The summed E-state index contributed by atoms with van der Waals surface area (Å²) in [6.45, 7) is 1.25. The summed E-state index contributed by atoms with van der Waals surface area (Å²) in [5.74, 6) is -1.86. The van der Waals surface area contributed by atoms with Crippen molar-refractivity contribution in [1.29, 1.82) is 5.26 Å². The normalized spacial score (nSPS) is 16.8. The number of ether oxygens (including phenoxy) is 1. The van der Waals surface area contributed by atoms with Crippen LogP contribution in [0.3, 0.4) is 0 Å². The molecule has 0 spiro atoms. The topological polar surface area (TPSA) is 65.4 Å². The van der Waals surface area contributed by atoms with Gasteiger partial charge in [-0.05, 0) is 35.4 Å². The van der Waals surface area contributed by atoms with Gasteiger partial charge in [-0.2, -0.15) is 5.26 Å². The molecule has 1 atom stereocenters. The summed E-state index contributed by atoms with van der Waals surface area (Å²) in [7, 11) is 0. The van der Waals surface area contributed by atoms with Crippen LogP contribution < -0.4 is 5.32 Å². The Morgan fingerprint density at radius 1 is 1.27 bits per heavy atom. The summed E-state index contributed by atoms with van der Waals surface area (Å²) < 4.78 is 32.1. The molecule has 2 amide bonds. The lowest BCUT2D eigenvalue weighted by atomic mass is 10.1. The van der Waals surface area contributed by atoms with Crippen LogP contribution in [-0.2, 0) is 11.3 Å². The Morgan fingerprint density at radius 2 is 2.12 bits per heavy atom.